The van der Waals surface area contributed by atoms with E-state index >= 15 is 0 Å². The van der Waals surface area contributed by atoms with E-state index in [2.05, 4.69) is 65.8 Å². The van der Waals surface area contributed by atoms with E-state index in [1.165, 1.54) is 29.7 Å². The van der Waals surface area contributed by atoms with Crippen LogP contribution in [0.2, 0.25) is 17.3 Å². The summed E-state index contributed by atoms with van der Waals surface area (Å²) < 4.78 is 7.80. The molecule has 43 heavy (non-hydrogen) atoms. The van der Waals surface area contributed by atoms with E-state index in [9.17, 15) is 4.79 Å². The summed E-state index contributed by atoms with van der Waals surface area (Å²) in [7, 11) is 0. The Labute approximate surface area is 268 Å². The Balaban J connectivity index is 0.000000475. The van der Waals surface area contributed by atoms with Gasteiger partial charge in [0, 0.05) is 26.2 Å². The van der Waals surface area contributed by atoms with E-state index in [1.54, 1.807) is 0 Å². The average molecular weight is 806 g/mol. The van der Waals surface area contributed by atoms with Crippen LogP contribution in [-0.4, -0.2) is 34.1 Å². The topological polar surface area (TPSA) is 76.2 Å². The molecule has 2 aromatic heterocycles. The van der Waals surface area contributed by atoms with E-state index in [4.69, 9.17) is 19.5 Å². The van der Waals surface area contributed by atoms with Gasteiger partial charge in [-0.2, -0.15) is 0 Å². The summed E-state index contributed by atoms with van der Waals surface area (Å²) in [5, 5.41) is 10.7. The summed E-state index contributed by atoms with van der Waals surface area (Å²) in [5.41, 5.74) is 6.29. The standard InChI is InChI=1S/C31H25GeN2O.C5H8O2.Ir/c1-32(2,3)25-14-15-26-23(18-25)16-17-33-29(26)24-19-27(21-10-6-4-7-11-21)30-28(20-24)34-31(35-30)22-12-8-5-9-13-22;1-4(6)3-5(2)7;/h4-19H,1-3H3;3,6H,1-2H3;/q-1;;/b;4-3-;. The Morgan fingerprint density at radius 1 is 0.884 bits per heavy atom. The molecule has 0 aliphatic carbocycles. The molecule has 5 nitrogen and oxygen atoms in total. The van der Waals surface area contributed by atoms with Crippen molar-refractivity contribution in [1.29, 1.82) is 0 Å². The van der Waals surface area contributed by atoms with E-state index in [1.807, 2.05) is 54.7 Å². The molecule has 6 rings (SSSR count). The third kappa shape index (κ3) is 7.58. The van der Waals surface area contributed by atoms with E-state index in [-0.39, 0.29) is 31.6 Å². The van der Waals surface area contributed by atoms with Crippen LogP contribution in [-0.2, 0) is 24.9 Å². The van der Waals surface area contributed by atoms with Crippen molar-refractivity contribution in [2.75, 3.05) is 0 Å². The second-order valence-corrected chi connectivity index (χ2v) is 21.9. The van der Waals surface area contributed by atoms with Crippen molar-refractivity contribution < 1.29 is 34.4 Å². The number of aliphatic hydroxyl groups is 1. The van der Waals surface area contributed by atoms with Gasteiger partial charge in [-0.15, -0.1) is 0 Å². The maximum Gasteiger partial charge on any atom is 0 e. The molecule has 1 N–H and O–H groups in total. The van der Waals surface area contributed by atoms with Crippen LogP contribution < -0.4 is 4.40 Å². The van der Waals surface area contributed by atoms with Gasteiger partial charge in [-0.1, -0.05) is 18.2 Å². The van der Waals surface area contributed by atoms with Gasteiger partial charge in [0.2, 0.25) is 0 Å². The largest absolute Gasteiger partial charge is 0 e. The number of carbonyl (C=O) groups is 1. The molecule has 0 saturated carbocycles. The monoisotopic (exact) mass is 808 g/mol. The third-order valence-corrected chi connectivity index (χ3v) is 11.1. The minimum Gasteiger partial charge on any atom is 0 e. The van der Waals surface area contributed by atoms with Gasteiger partial charge < -0.3 is 5.11 Å². The van der Waals surface area contributed by atoms with Crippen LogP contribution in [0.25, 0.3) is 55.7 Å². The molecule has 6 aromatic rings. The summed E-state index contributed by atoms with van der Waals surface area (Å²) >= 11 is -1.94. The summed E-state index contributed by atoms with van der Waals surface area (Å²) in [6.45, 7) is 2.85. The number of oxazole rings is 1. The van der Waals surface area contributed by atoms with Crippen LogP contribution in [0.1, 0.15) is 13.8 Å². The van der Waals surface area contributed by atoms with Crippen molar-refractivity contribution in [3.63, 3.8) is 0 Å². The zero-order valence-corrected chi connectivity index (χ0v) is 29.3. The van der Waals surface area contributed by atoms with E-state index < -0.39 is 13.3 Å². The molecule has 0 atom stereocenters. The number of nitrogens with zero attached hydrogens (tertiary/aromatic N) is 2. The molecule has 0 spiro atoms. The summed E-state index contributed by atoms with van der Waals surface area (Å²) in [5.74, 6) is 7.80. The summed E-state index contributed by atoms with van der Waals surface area (Å²) in [4.78, 5) is 19.7. The fourth-order valence-electron chi connectivity index (χ4n) is 4.78. The van der Waals surface area contributed by atoms with E-state index in [0.29, 0.717) is 11.4 Å². The van der Waals surface area contributed by atoms with Gasteiger partial charge in [-0.05, 0) is 13.8 Å². The molecule has 0 aliphatic heterocycles. The first kappa shape index (κ1) is 32.1. The van der Waals surface area contributed by atoms with Gasteiger partial charge in [0.1, 0.15) is 0 Å². The van der Waals surface area contributed by atoms with Gasteiger partial charge in [-0.25, -0.2) is 0 Å². The molecule has 7 heteroatoms. The molecule has 0 amide bonds. The Hall–Kier alpha value is -3.84. The molecule has 1 radical (unpaired) electrons. The predicted octanol–water partition coefficient (Wildman–Crippen LogP) is 8.76. The normalized spacial score (nSPS) is 11.5. The van der Waals surface area contributed by atoms with Gasteiger partial charge in [0.25, 0.3) is 0 Å². The third-order valence-electron chi connectivity index (χ3n) is 6.82. The Kier molecular flexibility index (Phi) is 10.2. The molecule has 0 saturated heterocycles. The maximum absolute atomic E-state index is 10.0. The van der Waals surface area contributed by atoms with Gasteiger partial charge >= 0.3 is 190 Å². The molecule has 0 unspecified atom stereocenters. The minimum atomic E-state index is -1.94. The van der Waals surface area contributed by atoms with Gasteiger partial charge in [0.15, 0.2) is 5.78 Å². The maximum atomic E-state index is 10.0. The second-order valence-electron chi connectivity index (χ2n) is 11.3. The van der Waals surface area contributed by atoms with Crippen molar-refractivity contribution >= 4 is 45.3 Å². The van der Waals surface area contributed by atoms with Crippen molar-refractivity contribution in [1.82, 2.24) is 9.97 Å². The van der Waals surface area contributed by atoms with Crippen LogP contribution in [0.5, 0.6) is 0 Å². The first-order valence-corrected chi connectivity index (χ1v) is 21.2. The average Bonchev–Trinajstić information content (AvgIpc) is 3.40. The first-order chi connectivity index (χ1) is 20.1. The molecule has 0 fully saturated rings. The number of aliphatic hydroxyl groups excluding tert-OH is 1. The molecular formula is C36H33GeIrN2O3-. The number of benzene rings is 4. The fraction of sp³-hybridized carbons (Fsp3) is 0.139. The van der Waals surface area contributed by atoms with Crippen molar-refractivity contribution in [3.8, 4) is 33.8 Å². The van der Waals surface area contributed by atoms with Gasteiger partial charge in [0.05, 0.1) is 5.76 Å². The fourth-order valence-corrected chi connectivity index (χ4v) is 7.24. The van der Waals surface area contributed by atoms with Crippen LogP contribution in [0.3, 0.4) is 0 Å². The summed E-state index contributed by atoms with van der Waals surface area (Å²) in [6, 6.07) is 34.9. The minimum absolute atomic E-state index is 0. The number of rotatable bonds is 5. The van der Waals surface area contributed by atoms with Crippen molar-refractivity contribution in [3.05, 3.63) is 115 Å². The van der Waals surface area contributed by atoms with Crippen molar-refractivity contribution in [2.45, 2.75) is 31.1 Å². The van der Waals surface area contributed by atoms with Crippen LogP contribution in [0, 0.1) is 6.07 Å². The van der Waals surface area contributed by atoms with Crippen molar-refractivity contribution in [2.24, 2.45) is 0 Å². The molecule has 0 bridgehead atoms. The smallest absolute Gasteiger partial charge is 0 e. The SMILES string of the molecule is CC(=O)/C=C(/C)O.[CH3][Ge]([CH3])([CH3])[c]1ccc2c(-c3[c-]c4nc(-c5ccccc5)oc4c(-c4ccccc4)c3)nccc2c1.[Ir]. The number of allylic oxidation sites excluding steroid dienone is 2. The van der Waals surface area contributed by atoms with E-state index in [0.717, 1.165) is 38.9 Å². The number of fused-ring (bicyclic) bond motifs is 2. The zero-order valence-electron chi connectivity index (χ0n) is 24.8. The Morgan fingerprint density at radius 2 is 1.53 bits per heavy atom. The first-order valence-electron chi connectivity index (χ1n) is 13.9. The molecular weight excluding hydrogens is 773 g/mol. The molecule has 2 heterocycles. The summed E-state index contributed by atoms with van der Waals surface area (Å²) in [6.07, 6.45) is 3.07. The number of hydrogen-bond donors (Lipinski definition) is 1. The quantitative estimate of drug-likeness (QED) is 0.0817. The van der Waals surface area contributed by atoms with Crippen LogP contribution >= 0.6 is 0 Å². The van der Waals surface area contributed by atoms with Crippen LogP contribution in [0.15, 0.2) is 113 Å². The molecule has 4 aromatic carbocycles. The number of hydrogen-bond acceptors (Lipinski definition) is 5. The number of pyridine rings is 1. The second kappa shape index (κ2) is 13.6. The van der Waals surface area contributed by atoms with Gasteiger partial charge in [-0.3, -0.25) is 4.79 Å². The Bertz CT molecular complexity index is 1910. The zero-order chi connectivity index (χ0) is 29.9. The predicted molar refractivity (Wildman–Crippen MR) is 175 cm³/mol. The number of aromatic nitrogens is 2. The number of carbonyl (C=O) groups excluding carboxylic acids is 1. The molecule has 0 aliphatic rings. The number of ketones is 1. The van der Waals surface area contributed by atoms with Crippen LogP contribution in [0.4, 0.5) is 0 Å². The Morgan fingerprint density at radius 3 is 2.12 bits per heavy atom. The molecule has 219 valence electrons.